The number of aromatic hydroxyl groups is 1. The van der Waals surface area contributed by atoms with Crippen LogP contribution in [0.3, 0.4) is 0 Å². The summed E-state index contributed by atoms with van der Waals surface area (Å²) in [5, 5.41) is 9.37. The molecule has 0 spiro atoms. The number of phenolic OH excluding ortho intramolecular Hbond substituents is 1. The quantitative estimate of drug-likeness (QED) is 0.819. The molecule has 0 radical (unpaired) electrons. The molecule has 2 nitrogen and oxygen atoms in total. The van der Waals surface area contributed by atoms with Gasteiger partial charge in [0.05, 0.1) is 4.47 Å². The van der Waals surface area contributed by atoms with Crippen LogP contribution in [0.2, 0.25) is 0 Å². The van der Waals surface area contributed by atoms with Crippen LogP contribution in [0.15, 0.2) is 16.6 Å². The van der Waals surface area contributed by atoms with Crippen LogP contribution in [-0.2, 0) is 6.42 Å². The van der Waals surface area contributed by atoms with Crippen molar-refractivity contribution in [3.63, 3.8) is 0 Å². The van der Waals surface area contributed by atoms with Gasteiger partial charge in [-0.05, 0) is 40.5 Å². The molecule has 12 heavy (non-hydrogen) atoms. The second-order valence-corrected chi connectivity index (χ2v) is 3.20. The summed E-state index contributed by atoms with van der Waals surface area (Å²) < 4.78 is 12.9. The van der Waals surface area contributed by atoms with E-state index in [0.29, 0.717) is 18.5 Å². The molecule has 0 aliphatic rings. The van der Waals surface area contributed by atoms with Gasteiger partial charge in [0, 0.05) is 0 Å². The van der Waals surface area contributed by atoms with Gasteiger partial charge in [-0.3, -0.25) is 0 Å². The van der Waals surface area contributed by atoms with E-state index in [1.807, 2.05) is 0 Å². The molecule has 0 heterocycles. The SMILES string of the molecule is NCCc1ccc(F)c(Br)c1O. The second-order valence-electron chi connectivity index (χ2n) is 2.41. The highest BCUT2D eigenvalue weighted by atomic mass is 79.9. The van der Waals surface area contributed by atoms with Crippen LogP contribution in [0.1, 0.15) is 5.56 Å². The third-order valence-electron chi connectivity index (χ3n) is 1.57. The molecule has 0 aliphatic carbocycles. The zero-order valence-corrected chi connectivity index (χ0v) is 7.94. The highest BCUT2D eigenvalue weighted by molar-refractivity contribution is 9.10. The molecule has 3 N–H and O–H groups in total. The molecule has 0 unspecified atom stereocenters. The minimum atomic E-state index is -0.465. The molecular formula is C8H9BrFNO. The predicted octanol–water partition coefficient (Wildman–Crippen LogP) is 1.79. The van der Waals surface area contributed by atoms with Crippen molar-refractivity contribution in [3.8, 4) is 5.75 Å². The molecule has 0 atom stereocenters. The normalized spacial score (nSPS) is 10.2. The Hall–Kier alpha value is -0.610. The van der Waals surface area contributed by atoms with Crippen molar-refractivity contribution in [2.24, 2.45) is 5.73 Å². The van der Waals surface area contributed by atoms with Crippen molar-refractivity contribution >= 4 is 15.9 Å². The smallest absolute Gasteiger partial charge is 0.141 e. The van der Waals surface area contributed by atoms with Crippen molar-refractivity contribution in [1.82, 2.24) is 0 Å². The van der Waals surface area contributed by atoms with E-state index >= 15 is 0 Å². The lowest BCUT2D eigenvalue weighted by atomic mass is 10.1. The molecule has 0 bridgehead atoms. The molecule has 4 heteroatoms. The zero-order chi connectivity index (χ0) is 9.14. The lowest BCUT2D eigenvalue weighted by Gasteiger charge is -2.04. The van der Waals surface area contributed by atoms with Gasteiger partial charge in [-0.2, -0.15) is 0 Å². The molecule has 1 aromatic carbocycles. The van der Waals surface area contributed by atoms with Crippen molar-refractivity contribution in [3.05, 3.63) is 28.0 Å². The fourth-order valence-electron chi connectivity index (χ4n) is 0.937. The summed E-state index contributed by atoms with van der Waals surface area (Å²) >= 11 is 2.93. The molecule has 0 amide bonds. The van der Waals surface area contributed by atoms with Crippen molar-refractivity contribution in [2.45, 2.75) is 6.42 Å². The number of hydrogen-bond acceptors (Lipinski definition) is 2. The third-order valence-corrected chi connectivity index (χ3v) is 2.32. The monoisotopic (exact) mass is 233 g/mol. The number of phenols is 1. The van der Waals surface area contributed by atoms with E-state index in [2.05, 4.69) is 15.9 Å². The second kappa shape index (κ2) is 3.87. The lowest BCUT2D eigenvalue weighted by Crippen LogP contribution is -2.03. The van der Waals surface area contributed by atoms with Crippen molar-refractivity contribution in [2.75, 3.05) is 6.54 Å². The van der Waals surface area contributed by atoms with Gasteiger partial charge in [0.2, 0.25) is 0 Å². The zero-order valence-electron chi connectivity index (χ0n) is 6.35. The minimum absolute atomic E-state index is 0.0551. The average molecular weight is 234 g/mol. The van der Waals surface area contributed by atoms with Gasteiger partial charge in [0.1, 0.15) is 11.6 Å². The third kappa shape index (κ3) is 1.76. The van der Waals surface area contributed by atoms with Gasteiger partial charge < -0.3 is 10.8 Å². The number of nitrogens with two attached hydrogens (primary N) is 1. The summed E-state index contributed by atoms with van der Waals surface area (Å²) in [6.07, 6.45) is 0.546. The molecule has 0 aromatic heterocycles. The Balaban J connectivity index is 3.08. The Bertz CT molecular complexity index is 291. The van der Waals surface area contributed by atoms with Crippen LogP contribution in [0, 0.1) is 5.82 Å². The van der Waals surface area contributed by atoms with Crippen molar-refractivity contribution < 1.29 is 9.50 Å². The van der Waals surface area contributed by atoms with Crippen LogP contribution in [0.4, 0.5) is 4.39 Å². The van der Waals surface area contributed by atoms with Crippen molar-refractivity contribution in [1.29, 1.82) is 0 Å². The summed E-state index contributed by atoms with van der Waals surface area (Å²) in [5.41, 5.74) is 5.96. The topological polar surface area (TPSA) is 46.2 Å². The highest BCUT2D eigenvalue weighted by Crippen LogP contribution is 2.30. The molecule has 0 aliphatic heterocycles. The minimum Gasteiger partial charge on any atom is -0.506 e. The van der Waals surface area contributed by atoms with E-state index in [-0.39, 0.29) is 10.2 Å². The van der Waals surface area contributed by atoms with Gasteiger partial charge in [0.15, 0.2) is 0 Å². The molecule has 66 valence electrons. The first kappa shape index (κ1) is 9.48. The summed E-state index contributed by atoms with van der Waals surface area (Å²) in [6.45, 7) is 0.436. The molecular weight excluding hydrogens is 225 g/mol. The molecule has 0 saturated carbocycles. The maximum Gasteiger partial charge on any atom is 0.141 e. The van der Waals surface area contributed by atoms with Gasteiger partial charge >= 0.3 is 0 Å². The van der Waals surface area contributed by atoms with E-state index < -0.39 is 5.82 Å². The summed E-state index contributed by atoms with van der Waals surface area (Å²) in [4.78, 5) is 0. The van der Waals surface area contributed by atoms with Crippen LogP contribution < -0.4 is 5.73 Å². The van der Waals surface area contributed by atoms with Crippen LogP contribution in [-0.4, -0.2) is 11.7 Å². The standard InChI is InChI=1S/C8H9BrFNO/c9-7-6(10)2-1-5(3-4-11)8(7)12/h1-2,12H,3-4,11H2. The van der Waals surface area contributed by atoms with E-state index in [0.717, 1.165) is 0 Å². The van der Waals surface area contributed by atoms with E-state index in [1.54, 1.807) is 0 Å². The first-order chi connectivity index (χ1) is 5.66. The van der Waals surface area contributed by atoms with Crippen LogP contribution in [0.25, 0.3) is 0 Å². The maximum absolute atomic E-state index is 12.8. The van der Waals surface area contributed by atoms with Gasteiger partial charge in [0.25, 0.3) is 0 Å². The molecule has 1 rings (SSSR count). The summed E-state index contributed by atoms with van der Waals surface area (Å²) in [6, 6.07) is 2.83. The summed E-state index contributed by atoms with van der Waals surface area (Å²) in [5.74, 6) is -0.520. The van der Waals surface area contributed by atoms with E-state index in [4.69, 9.17) is 5.73 Å². The Kier molecular flexibility index (Phi) is 3.05. The van der Waals surface area contributed by atoms with Gasteiger partial charge in [-0.15, -0.1) is 0 Å². The fraction of sp³-hybridized carbons (Fsp3) is 0.250. The first-order valence-electron chi connectivity index (χ1n) is 3.52. The number of rotatable bonds is 2. The maximum atomic E-state index is 12.8. The van der Waals surface area contributed by atoms with Gasteiger partial charge in [-0.25, -0.2) is 4.39 Å². The Morgan fingerprint density at radius 3 is 2.75 bits per heavy atom. The fourth-order valence-corrected chi connectivity index (χ4v) is 1.32. The van der Waals surface area contributed by atoms with E-state index in [1.165, 1.54) is 12.1 Å². The summed E-state index contributed by atoms with van der Waals surface area (Å²) in [7, 11) is 0. The Morgan fingerprint density at radius 1 is 1.50 bits per heavy atom. The van der Waals surface area contributed by atoms with Gasteiger partial charge in [-0.1, -0.05) is 6.07 Å². The van der Waals surface area contributed by atoms with Crippen LogP contribution >= 0.6 is 15.9 Å². The van der Waals surface area contributed by atoms with E-state index in [9.17, 15) is 9.50 Å². The molecule has 0 fully saturated rings. The first-order valence-corrected chi connectivity index (χ1v) is 4.32. The highest BCUT2D eigenvalue weighted by Gasteiger charge is 2.08. The number of hydrogen-bond donors (Lipinski definition) is 2. The predicted molar refractivity (Wildman–Crippen MR) is 48.5 cm³/mol. The Morgan fingerprint density at radius 2 is 2.17 bits per heavy atom. The largest absolute Gasteiger partial charge is 0.506 e. The van der Waals surface area contributed by atoms with Crippen LogP contribution in [0.5, 0.6) is 5.75 Å². The lowest BCUT2D eigenvalue weighted by molar-refractivity contribution is 0.457. The Labute approximate surface area is 78.3 Å². The average Bonchev–Trinajstić information content (AvgIpc) is 2.07. The number of halogens is 2. The number of benzene rings is 1. The molecule has 0 saturated heterocycles. The molecule has 1 aromatic rings.